The second-order valence-corrected chi connectivity index (χ2v) is 8.50. The lowest BCUT2D eigenvalue weighted by Gasteiger charge is -2.31. The number of primary sulfonamides is 1. The zero-order valence-corrected chi connectivity index (χ0v) is 16.6. The Hall–Kier alpha value is -2.42. The number of carbonyl (C=O) groups excluding carboxylic acids is 1. The van der Waals surface area contributed by atoms with E-state index in [4.69, 9.17) is 9.88 Å². The van der Waals surface area contributed by atoms with E-state index in [-0.39, 0.29) is 10.8 Å². The van der Waals surface area contributed by atoms with E-state index in [9.17, 15) is 13.2 Å². The molecule has 0 radical (unpaired) electrons. The molecule has 0 atom stereocenters. The first kappa shape index (κ1) is 20.3. The zero-order valence-electron chi connectivity index (χ0n) is 15.8. The molecule has 1 amide bonds. The summed E-state index contributed by atoms with van der Waals surface area (Å²) in [6, 6.07) is 14.0. The quantitative estimate of drug-likeness (QED) is 0.770. The molecule has 7 nitrogen and oxygen atoms in total. The molecule has 1 saturated heterocycles. The number of rotatable bonds is 6. The van der Waals surface area contributed by atoms with Crippen molar-refractivity contribution in [2.75, 3.05) is 32.1 Å². The van der Waals surface area contributed by atoms with E-state index in [0.717, 1.165) is 31.7 Å². The molecule has 28 heavy (non-hydrogen) atoms. The standard InChI is InChI=1S/C20H25N3O4S/c1-27-18-6-2-15(3-7-18)16-10-12-23(13-11-16)14-20(24)22-17-4-8-19(9-5-17)28(21,25)26/h2-9,16H,10-14H2,1H3,(H,22,24)(H2,21,25,26). The van der Waals surface area contributed by atoms with Crippen LogP contribution in [0.2, 0.25) is 0 Å². The second-order valence-electron chi connectivity index (χ2n) is 6.94. The van der Waals surface area contributed by atoms with Crippen LogP contribution >= 0.6 is 0 Å². The maximum atomic E-state index is 12.3. The van der Waals surface area contributed by atoms with Gasteiger partial charge in [0.15, 0.2) is 0 Å². The maximum absolute atomic E-state index is 12.3. The third kappa shape index (κ3) is 5.31. The fraction of sp³-hybridized carbons (Fsp3) is 0.350. The van der Waals surface area contributed by atoms with Gasteiger partial charge in [-0.1, -0.05) is 12.1 Å². The number of ether oxygens (including phenoxy) is 1. The van der Waals surface area contributed by atoms with Gasteiger partial charge in [0.2, 0.25) is 15.9 Å². The highest BCUT2D eigenvalue weighted by Gasteiger charge is 2.22. The molecule has 8 heteroatoms. The molecule has 0 aliphatic carbocycles. The molecule has 2 aromatic rings. The summed E-state index contributed by atoms with van der Waals surface area (Å²) >= 11 is 0. The number of nitrogens with one attached hydrogen (secondary N) is 1. The Labute approximate surface area is 165 Å². The minimum absolute atomic E-state index is 0.0195. The Balaban J connectivity index is 1.48. The molecule has 0 bridgehead atoms. The molecule has 1 aliphatic rings. The van der Waals surface area contributed by atoms with Gasteiger partial charge in [0.25, 0.3) is 0 Å². The van der Waals surface area contributed by atoms with Gasteiger partial charge in [-0.2, -0.15) is 0 Å². The van der Waals surface area contributed by atoms with Crippen molar-refractivity contribution in [1.29, 1.82) is 0 Å². The fourth-order valence-corrected chi connectivity index (χ4v) is 3.95. The molecule has 0 unspecified atom stereocenters. The van der Waals surface area contributed by atoms with Crippen molar-refractivity contribution >= 4 is 21.6 Å². The summed E-state index contributed by atoms with van der Waals surface area (Å²) in [5.74, 6) is 1.23. The van der Waals surface area contributed by atoms with Crippen LogP contribution in [-0.4, -0.2) is 46.0 Å². The predicted octanol–water partition coefficient (Wildman–Crippen LogP) is 2.16. The number of sulfonamides is 1. The van der Waals surface area contributed by atoms with E-state index < -0.39 is 10.0 Å². The minimum Gasteiger partial charge on any atom is -0.497 e. The molecule has 0 aromatic heterocycles. The largest absolute Gasteiger partial charge is 0.497 e. The van der Waals surface area contributed by atoms with E-state index in [1.807, 2.05) is 12.1 Å². The van der Waals surface area contributed by atoms with Gasteiger partial charge in [0.1, 0.15) is 5.75 Å². The normalized spacial score (nSPS) is 15.9. The highest BCUT2D eigenvalue weighted by atomic mass is 32.2. The maximum Gasteiger partial charge on any atom is 0.238 e. The monoisotopic (exact) mass is 403 g/mol. The second kappa shape index (κ2) is 8.72. The molecule has 150 valence electrons. The van der Waals surface area contributed by atoms with Crippen molar-refractivity contribution < 1.29 is 17.9 Å². The van der Waals surface area contributed by atoms with Gasteiger partial charge in [-0.05, 0) is 73.8 Å². The van der Waals surface area contributed by atoms with Crippen LogP contribution in [0.15, 0.2) is 53.4 Å². The lowest BCUT2D eigenvalue weighted by molar-refractivity contribution is -0.117. The van der Waals surface area contributed by atoms with Gasteiger partial charge in [-0.3, -0.25) is 9.69 Å². The average molecular weight is 404 g/mol. The van der Waals surface area contributed by atoms with Gasteiger partial charge in [0, 0.05) is 5.69 Å². The van der Waals surface area contributed by atoms with Crippen LogP contribution in [0.1, 0.15) is 24.3 Å². The zero-order chi connectivity index (χ0) is 20.1. The Kier molecular flexibility index (Phi) is 6.33. The number of hydrogen-bond acceptors (Lipinski definition) is 5. The molecule has 3 N–H and O–H groups in total. The summed E-state index contributed by atoms with van der Waals surface area (Å²) in [6.45, 7) is 2.02. The van der Waals surface area contributed by atoms with Crippen LogP contribution in [0.25, 0.3) is 0 Å². The Morgan fingerprint density at radius 3 is 2.25 bits per heavy atom. The highest BCUT2D eigenvalue weighted by molar-refractivity contribution is 7.89. The number of hydrogen-bond donors (Lipinski definition) is 2. The number of nitrogens with two attached hydrogens (primary N) is 1. The molecular weight excluding hydrogens is 378 g/mol. The lowest BCUT2D eigenvalue weighted by atomic mass is 9.89. The Morgan fingerprint density at radius 2 is 1.71 bits per heavy atom. The van der Waals surface area contributed by atoms with Crippen LogP contribution in [0.5, 0.6) is 5.75 Å². The van der Waals surface area contributed by atoms with Gasteiger partial charge in [-0.15, -0.1) is 0 Å². The Bertz CT molecular complexity index is 903. The number of piperidine rings is 1. The number of nitrogens with zero attached hydrogens (tertiary/aromatic N) is 1. The van der Waals surface area contributed by atoms with Crippen molar-refractivity contribution in [2.24, 2.45) is 5.14 Å². The summed E-state index contributed by atoms with van der Waals surface area (Å²) in [5, 5.41) is 7.86. The molecule has 2 aromatic carbocycles. The summed E-state index contributed by atoms with van der Waals surface area (Å²) < 4.78 is 27.7. The van der Waals surface area contributed by atoms with Gasteiger partial charge in [0.05, 0.1) is 18.6 Å². The highest BCUT2D eigenvalue weighted by Crippen LogP contribution is 2.29. The molecule has 0 spiro atoms. The first-order valence-electron chi connectivity index (χ1n) is 9.14. The van der Waals surface area contributed by atoms with Crippen molar-refractivity contribution in [1.82, 2.24) is 4.90 Å². The number of amides is 1. The fourth-order valence-electron chi connectivity index (χ4n) is 3.43. The van der Waals surface area contributed by atoms with Crippen LogP contribution in [-0.2, 0) is 14.8 Å². The number of methoxy groups -OCH3 is 1. The first-order chi connectivity index (χ1) is 13.3. The van der Waals surface area contributed by atoms with Crippen LogP contribution in [0.3, 0.4) is 0 Å². The third-order valence-corrected chi connectivity index (χ3v) is 5.94. The van der Waals surface area contributed by atoms with E-state index in [1.54, 1.807) is 7.11 Å². The number of benzene rings is 2. The van der Waals surface area contributed by atoms with Gasteiger partial charge in [-0.25, -0.2) is 13.6 Å². The van der Waals surface area contributed by atoms with E-state index in [1.165, 1.54) is 29.8 Å². The molecular formula is C20H25N3O4S. The molecule has 1 fully saturated rings. The topological polar surface area (TPSA) is 102 Å². The third-order valence-electron chi connectivity index (χ3n) is 5.01. The summed E-state index contributed by atoms with van der Waals surface area (Å²) in [5.41, 5.74) is 1.85. The number of anilines is 1. The molecule has 1 heterocycles. The molecule has 3 rings (SSSR count). The Morgan fingerprint density at radius 1 is 1.11 bits per heavy atom. The van der Waals surface area contributed by atoms with Crippen LogP contribution in [0, 0.1) is 0 Å². The van der Waals surface area contributed by atoms with Gasteiger partial charge < -0.3 is 10.1 Å². The van der Waals surface area contributed by atoms with Crippen molar-refractivity contribution in [3.05, 3.63) is 54.1 Å². The smallest absolute Gasteiger partial charge is 0.238 e. The van der Waals surface area contributed by atoms with Crippen molar-refractivity contribution in [2.45, 2.75) is 23.7 Å². The minimum atomic E-state index is -3.73. The first-order valence-corrected chi connectivity index (χ1v) is 10.7. The number of likely N-dealkylation sites (tertiary alicyclic amines) is 1. The van der Waals surface area contributed by atoms with E-state index in [2.05, 4.69) is 22.3 Å². The van der Waals surface area contributed by atoms with Crippen LogP contribution < -0.4 is 15.2 Å². The van der Waals surface area contributed by atoms with Crippen LogP contribution in [0.4, 0.5) is 5.69 Å². The van der Waals surface area contributed by atoms with E-state index >= 15 is 0 Å². The molecule has 1 aliphatic heterocycles. The SMILES string of the molecule is COc1ccc(C2CCN(CC(=O)Nc3ccc(S(N)(=O)=O)cc3)CC2)cc1. The molecule has 0 saturated carbocycles. The predicted molar refractivity (Wildman–Crippen MR) is 108 cm³/mol. The van der Waals surface area contributed by atoms with Crippen molar-refractivity contribution in [3.63, 3.8) is 0 Å². The summed E-state index contributed by atoms with van der Waals surface area (Å²) in [6.07, 6.45) is 2.01. The lowest BCUT2D eigenvalue weighted by Crippen LogP contribution is -2.38. The summed E-state index contributed by atoms with van der Waals surface area (Å²) in [4.78, 5) is 14.4. The van der Waals surface area contributed by atoms with E-state index in [0.29, 0.717) is 18.2 Å². The number of carbonyl (C=O) groups is 1. The average Bonchev–Trinajstić information content (AvgIpc) is 2.68. The summed E-state index contributed by atoms with van der Waals surface area (Å²) in [7, 11) is -2.07. The van der Waals surface area contributed by atoms with Crippen molar-refractivity contribution in [3.8, 4) is 5.75 Å². The van der Waals surface area contributed by atoms with Gasteiger partial charge >= 0.3 is 0 Å².